The topological polar surface area (TPSA) is 78.3 Å². The van der Waals surface area contributed by atoms with Crippen molar-refractivity contribution in [2.75, 3.05) is 0 Å². The number of hydrogen-bond donors (Lipinski definition) is 2. The molecule has 0 saturated carbocycles. The van der Waals surface area contributed by atoms with Gasteiger partial charge < -0.3 is 16.2 Å². The lowest BCUT2D eigenvalue weighted by Crippen LogP contribution is -2.33. The Balaban J connectivity index is 2.80. The second kappa shape index (κ2) is 5.51. The third kappa shape index (κ3) is 3.24. The van der Waals surface area contributed by atoms with Crippen LogP contribution in [0, 0.1) is 0 Å². The molecular weight excluding hydrogens is 204 g/mol. The summed E-state index contributed by atoms with van der Waals surface area (Å²) in [6.45, 7) is 3.75. The van der Waals surface area contributed by atoms with Crippen molar-refractivity contribution in [1.29, 1.82) is 0 Å². The van der Waals surface area contributed by atoms with Crippen LogP contribution in [0.15, 0.2) is 24.3 Å². The number of hydrogen-bond acceptors (Lipinski definition) is 3. The molecule has 4 nitrogen and oxygen atoms in total. The van der Waals surface area contributed by atoms with Gasteiger partial charge in [0.2, 0.25) is 0 Å². The van der Waals surface area contributed by atoms with Gasteiger partial charge in [-0.1, -0.05) is 19.1 Å². The first kappa shape index (κ1) is 12.5. The molecule has 0 aliphatic heterocycles. The maximum Gasteiger partial charge on any atom is 0.258 e. The van der Waals surface area contributed by atoms with Crippen molar-refractivity contribution < 1.29 is 9.53 Å². The zero-order valence-corrected chi connectivity index (χ0v) is 9.64. The lowest BCUT2D eigenvalue weighted by molar-refractivity contribution is -0.124. The molecular formula is C12H18N2O2. The quantitative estimate of drug-likeness (QED) is 0.789. The van der Waals surface area contributed by atoms with Gasteiger partial charge in [-0.2, -0.15) is 0 Å². The van der Waals surface area contributed by atoms with Crippen LogP contribution >= 0.6 is 0 Å². The number of rotatable bonds is 5. The van der Waals surface area contributed by atoms with Crippen LogP contribution in [0.25, 0.3) is 0 Å². The molecule has 0 aliphatic rings. The molecule has 1 aromatic rings. The molecule has 1 rings (SSSR count). The summed E-state index contributed by atoms with van der Waals surface area (Å²) >= 11 is 0. The molecule has 16 heavy (non-hydrogen) atoms. The first-order valence-electron chi connectivity index (χ1n) is 5.36. The molecule has 1 amide bonds. The van der Waals surface area contributed by atoms with Crippen molar-refractivity contribution in [1.82, 2.24) is 0 Å². The summed E-state index contributed by atoms with van der Waals surface area (Å²) in [5, 5.41) is 0. The minimum atomic E-state index is -0.580. The summed E-state index contributed by atoms with van der Waals surface area (Å²) in [5.41, 5.74) is 11.9. The van der Waals surface area contributed by atoms with E-state index in [9.17, 15) is 4.79 Å². The van der Waals surface area contributed by atoms with Crippen LogP contribution < -0.4 is 16.2 Å². The van der Waals surface area contributed by atoms with E-state index < -0.39 is 12.0 Å². The van der Waals surface area contributed by atoms with Crippen molar-refractivity contribution in [2.24, 2.45) is 11.5 Å². The van der Waals surface area contributed by atoms with Crippen molar-refractivity contribution in [3.63, 3.8) is 0 Å². The first-order valence-corrected chi connectivity index (χ1v) is 5.36. The SMILES string of the molecule is CCC(Oc1cccc([C@H](C)N)c1)C(N)=O. The second-order valence-corrected chi connectivity index (χ2v) is 3.78. The minimum absolute atomic E-state index is 0.0581. The number of ether oxygens (including phenoxy) is 1. The van der Waals surface area contributed by atoms with Gasteiger partial charge in [-0.25, -0.2) is 0 Å². The summed E-state index contributed by atoms with van der Waals surface area (Å²) in [6.07, 6.45) is -0.0269. The van der Waals surface area contributed by atoms with Crippen LogP contribution in [0.4, 0.5) is 0 Å². The number of benzene rings is 1. The van der Waals surface area contributed by atoms with E-state index in [0.717, 1.165) is 5.56 Å². The van der Waals surface area contributed by atoms with Gasteiger partial charge in [0.15, 0.2) is 6.10 Å². The molecule has 0 bridgehead atoms. The first-order chi connectivity index (χ1) is 7.54. The largest absolute Gasteiger partial charge is 0.481 e. The van der Waals surface area contributed by atoms with Crippen molar-refractivity contribution in [3.05, 3.63) is 29.8 Å². The zero-order valence-electron chi connectivity index (χ0n) is 9.64. The fraction of sp³-hybridized carbons (Fsp3) is 0.417. The zero-order chi connectivity index (χ0) is 12.1. The number of amides is 1. The molecule has 0 saturated heterocycles. The highest BCUT2D eigenvalue weighted by Crippen LogP contribution is 2.19. The molecule has 0 fully saturated rings. The summed E-state index contributed by atoms with van der Waals surface area (Å²) in [7, 11) is 0. The highest BCUT2D eigenvalue weighted by Gasteiger charge is 2.14. The Morgan fingerprint density at radius 2 is 2.19 bits per heavy atom. The van der Waals surface area contributed by atoms with E-state index in [-0.39, 0.29) is 6.04 Å². The third-order valence-electron chi connectivity index (χ3n) is 2.35. The molecule has 4 N–H and O–H groups in total. The van der Waals surface area contributed by atoms with Crippen LogP contribution in [-0.4, -0.2) is 12.0 Å². The Bertz CT molecular complexity index is 364. The molecule has 2 atom stereocenters. The van der Waals surface area contributed by atoms with E-state index in [1.165, 1.54) is 0 Å². The predicted molar refractivity (Wildman–Crippen MR) is 62.9 cm³/mol. The molecule has 1 aromatic carbocycles. The maximum absolute atomic E-state index is 11.0. The van der Waals surface area contributed by atoms with Gasteiger partial charge in [-0.15, -0.1) is 0 Å². The molecule has 1 unspecified atom stereocenters. The minimum Gasteiger partial charge on any atom is -0.481 e. The van der Waals surface area contributed by atoms with Gasteiger partial charge >= 0.3 is 0 Å². The Morgan fingerprint density at radius 3 is 2.69 bits per heavy atom. The number of nitrogens with two attached hydrogens (primary N) is 2. The van der Waals surface area contributed by atoms with E-state index in [1.54, 1.807) is 6.07 Å². The molecule has 4 heteroatoms. The predicted octanol–water partition coefficient (Wildman–Crippen LogP) is 1.35. The lowest BCUT2D eigenvalue weighted by atomic mass is 10.1. The van der Waals surface area contributed by atoms with E-state index in [4.69, 9.17) is 16.2 Å². The standard InChI is InChI=1S/C12H18N2O2/c1-3-11(12(14)15)16-10-6-4-5-9(7-10)8(2)13/h4-8,11H,3,13H2,1-2H3,(H2,14,15)/t8-,11?/m0/s1. The van der Waals surface area contributed by atoms with Gasteiger partial charge in [0.05, 0.1) is 0 Å². The van der Waals surface area contributed by atoms with Gasteiger partial charge in [0, 0.05) is 6.04 Å². The van der Waals surface area contributed by atoms with Crippen molar-refractivity contribution >= 4 is 5.91 Å². The van der Waals surface area contributed by atoms with Gasteiger partial charge in [-0.3, -0.25) is 4.79 Å². The Hall–Kier alpha value is -1.55. The Labute approximate surface area is 95.6 Å². The summed E-state index contributed by atoms with van der Waals surface area (Å²) in [6, 6.07) is 7.33. The molecule has 0 radical (unpaired) electrons. The van der Waals surface area contributed by atoms with Gasteiger partial charge in [-0.05, 0) is 31.0 Å². The smallest absolute Gasteiger partial charge is 0.258 e. The molecule has 0 spiro atoms. The number of carbonyl (C=O) groups excluding carboxylic acids is 1. The Morgan fingerprint density at radius 1 is 1.50 bits per heavy atom. The van der Waals surface area contributed by atoms with Crippen LogP contribution in [0.3, 0.4) is 0 Å². The summed E-state index contributed by atoms with van der Waals surface area (Å²) in [5.74, 6) is 0.175. The van der Waals surface area contributed by atoms with Crippen LogP contribution in [-0.2, 0) is 4.79 Å². The summed E-state index contributed by atoms with van der Waals surface area (Å²) < 4.78 is 5.49. The van der Waals surface area contributed by atoms with Crippen molar-refractivity contribution in [3.8, 4) is 5.75 Å². The van der Waals surface area contributed by atoms with Crippen LogP contribution in [0.1, 0.15) is 31.9 Å². The molecule has 88 valence electrons. The van der Waals surface area contributed by atoms with E-state index in [1.807, 2.05) is 32.0 Å². The van der Waals surface area contributed by atoms with Crippen LogP contribution in [0.5, 0.6) is 5.75 Å². The van der Waals surface area contributed by atoms with Crippen LogP contribution in [0.2, 0.25) is 0 Å². The van der Waals surface area contributed by atoms with Crippen molar-refractivity contribution in [2.45, 2.75) is 32.4 Å². The fourth-order valence-electron chi connectivity index (χ4n) is 1.38. The van der Waals surface area contributed by atoms with Gasteiger partial charge in [0.25, 0.3) is 5.91 Å². The second-order valence-electron chi connectivity index (χ2n) is 3.78. The van der Waals surface area contributed by atoms with E-state index in [0.29, 0.717) is 12.2 Å². The highest BCUT2D eigenvalue weighted by atomic mass is 16.5. The van der Waals surface area contributed by atoms with E-state index in [2.05, 4.69) is 0 Å². The number of primary amides is 1. The monoisotopic (exact) mass is 222 g/mol. The fourth-order valence-corrected chi connectivity index (χ4v) is 1.38. The number of carbonyl (C=O) groups is 1. The highest BCUT2D eigenvalue weighted by molar-refractivity contribution is 5.79. The third-order valence-corrected chi connectivity index (χ3v) is 2.35. The lowest BCUT2D eigenvalue weighted by Gasteiger charge is -2.15. The van der Waals surface area contributed by atoms with E-state index >= 15 is 0 Å². The molecule has 0 aromatic heterocycles. The Kier molecular flexibility index (Phi) is 4.31. The summed E-state index contributed by atoms with van der Waals surface area (Å²) in [4.78, 5) is 11.0. The average molecular weight is 222 g/mol. The normalized spacial score (nSPS) is 14.2. The molecule has 0 heterocycles. The average Bonchev–Trinajstić information content (AvgIpc) is 2.25. The maximum atomic E-state index is 11.0. The van der Waals surface area contributed by atoms with Gasteiger partial charge in [0.1, 0.15) is 5.75 Å². The molecule has 0 aliphatic carbocycles.